The minimum Gasteiger partial charge on any atom is -0.372 e. The van der Waals surface area contributed by atoms with Gasteiger partial charge < -0.3 is 4.74 Å². The van der Waals surface area contributed by atoms with Crippen molar-refractivity contribution >= 4 is 21.7 Å². The molecule has 0 bridgehead atoms. The molecule has 0 N–H and O–H groups in total. The van der Waals surface area contributed by atoms with Crippen molar-refractivity contribution in [2.45, 2.75) is 25.4 Å². The van der Waals surface area contributed by atoms with Crippen LogP contribution in [0.3, 0.4) is 0 Å². The molecule has 0 spiro atoms. The molecule has 0 amide bonds. The number of ether oxygens (including phenoxy) is 1. The molecule has 0 atom stereocenters. The van der Waals surface area contributed by atoms with Crippen LogP contribution in [0.25, 0.3) is 0 Å². The predicted molar refractivity (Wildman–Crippen MR) is 69.0 cm³/mol. The Morgan fingerprint density at radius 1 is 1.32 bits per heavy atom. The predicted octanol–water partition coefficient (Wildman–Crippen LogP) is 3.92. The lowest BCUT2D eigenvalue weighted by Gasteiger charge is -2.07. The second kappa shape index (κ2) is 7.65. The first-order valence-electron chi connectivity index (χ1n) is 5.77. The largest absolute Gasteiger partial charge is 0.411 e. The van der Waals surface area contributed by atoms with Gasteiger partial charge in [-0.1, -0.05) is 28.1 Å². The smallest absolute Gasteiger partial charge is 0.372 e. The number of carbonyl (C=O) groups is 1. The Kier molecular flexibility index (Phi) is 6.51. The van der Waals surface area contributed by atoms with E-state index < -0.39 is 12.8 Å². The number of rotatable bonds is 7. The molecule has 0 fully saturated rings. The van der Waals surface area contributed by atoms with Gasteiger partial charge in [0.05, 0.1) is 0 Å². The highest BCUT2D eigenvalue weighted by Crippen LogP contribution is 2.15. The number of hydrogen-bond donors (Lipinski definition) is 0. The lowest BCUT2D eigenvalue weighted by molar-refractivity contribution is -0.174. The molecule has 0 aliphatic heterocycles. The number of benzene rings is 1. The molecule has 2 nitrogen and oxygen atoms in total. The molecular formula is C13H14BrF3O2. The summed E-state index contributed by atoms with van der Waals surface area (Å²) in [5.74, 6) is -0.00583. The summed E-state index contributed by atoms with van der Waals surface area (Å²) < 4.78 is 40.6. The summed E-state index contributed by atoms with van der Waals surface area (Å²) in [6.07, 6.45) is -3.48. The standard InChI is InChI=1S/C13H14BrF3O2/c14-11-4-1-3-10(7-11)8-12(18)5-2-6-19-9-13(15,16)17/h1,3-4,7H,2,5-6,8-9H2. The van der Waals surface area contributed by atoms with E-state index in [4.69, 9.17) is 0 Å². The minimum atomic E-state index is -4.31. The molecule has 106 valence electrons. The molecule has 0 aromatic heterocycles. The average Bonchev–Trinajstić information content (AvgIpc) is 2.26. The van der Waals surface area contributed by atoms with Gasteiger partial charge in [0.15, 0.2) is 0 Å². The van der Waals surface area contributed by atoms with Gasteiger partial charge in [-0.2, -0.15) is 13.2 Å². The molecule has 0 aliphatic carbocycles. The molecule has 19 heavy (non-hydrogen) atoms. The van der Waals surface area contributed by atoms with E-state index in [0.29, 0.717) is 12.8 Å². The molecule has 0 aliphatic rings. The fraction of sp³-hybridized carbons (Fsp3) is 0.462. The van der Waals surface area contributed by atoms with E-state index in [9.17, 15) is 18.0 Å². The van der Waals surface area contributed by atoms with Gasteiger partial charge in [0.1, 0.15) is 12.4 Å². The monoisotopic (exact) mass is 338 g/mol. The van der Waals surface area contributed by atoms with Gasteiger partial charge in [0.2, 0.25) is 0 Å². The first-order chi connectivity index (χ1) is 8.87. The summed E-state index contributed by atoms with van der Waals surface area (Å²) in [5.41, 5.74) is 0.885. The minimum absolute atomic E-state index is 0.00583. The summed E-state index contributed by atoms with van der Waals surface area (Å²) in [6.45, 7) is -1.31. The second-order valence-corrected chi connectivity index (χ2v) is 5.03. The van der Waals surface area contributed by atoms with Crippen molar-refractivity contribution in [3.8, 4) is 0 Å². The van der Waals surface area contributed by atoms with Crippen LogP contribution in [0, 0.1) is 0 Å². The topological polar surface area (TPSA) is 26.3 Å². The fourth-order valence-corrected chi connectivity index (χ4v) is 1.97. The first kappa shape index (κ1) is 16.2. The zero-order valence-corrected chi connectivity index (χ0v) is 11.8. The van der Waals surface area contributed by atoms with Crippen LogP contribution in [-0.2, 0) is 16.0 Å². The Labute approximate surface area is 118 Å². The Balaban J connectivity index is 2.18. The highest BCUT2D eigenvalue weighted by Gasteiger charge is 2.27. The summed E-state index contributed by atoms with van der Waals surface area (Å²) >= 11 is 3.31. The first-order valence-corrected chi connectivity index (χ1v) is 6.57. The number of ketones is 1. The maximum Gasteiger partial charge on any atom is 0.411 e. The number of alkyl halides is 3. The van der Waals surface area contributed by atoms with Gasteiger partial charge in [0.25, 0.3) is 0 Å². The molecule has 0 saturated carbocycles. The highest BCUT2D eigenvalue weighted by atomic mass is 79.9. The van der Waals surface area contributed by atoms with Crippen molar-refractivity contribution in [2.75, 3.05) is 13.2 Å². The van der Waals surface area contributed by atoms with Gasteiger partial charge in [-0.05, 0) is 24.1 Å². The molecular weight excluding hydrogens is 325 g/mol. The van der Waals surface area contributed by atoms with Crippen LogP contribution in [0.5, 0.6) is 0 Å². The van der Waals surface area contributed by atoms with Crippen molar-refractivity contribution in [1.29, 1.82) is 0 Å². The van der Waals surface area contributed by atoms with E-state index in [0.717, 1.165) is 10.0 Å². The van der Waals surface area contributed by atoms with E-state index in [1.807, 2.05) is 24.3 Å². The average molecular weight is 339 g/mol. The van der Waals surface area contributed by atoms with Crippen LogP contribution in [0.4, 0.5) is 13.2 Å². The van der Waals surface area contributed by atoms with Gasteiger partial charge >= 0.3 is 6.18 Å². The lowest BCUT2D eigenvalue weighted by atomic mass is 10.1. The molecule has 1 rings (SSSR count). The Morgan fingerprint density at radius 3 is 2.68 bits per heavy atom. The summed E-state index contributed by atoms with van der Waals surface area (Å²) in [5, 5.41) is 0. The Morgan fingerprint density at radius 2 is 2.05 bits per heavy atom. The zero-order chi connectivity index (χ0) is 14.3. The van der Waals surface area contributed by atoms with E-state index in [1.165, 1.54) is 0 Å². The zero-order valence-electron chi connectivity index (χ0n) is 10.2. The van der Waals surface area contributed by atoms with Crippen molar-refractivity contribution in [3.63, 3.8) is 0 Å². The van der Waals surface area contributed by atoms with Gasteiger partial charge in [-0.25, -0.2) is 0 Å². The Bertz CT molecular complexity index is 419. The maximum atomic E-state index is 11.8. The third-order valence-electron chi connectivity index (χ3n) is 2.30. The number of Topliss-reactive ketones (excluding diaryl/α,β-unsaturated/α-hetero) is 1. The summed E-state index contributed by atoms with van der Waals surface area (Å²) in [6, 6.07) is 7.37. The van der Waals surface area contributed by atoms with E-state index in [2.05, 4.69) is 20.7 Å². The van der Waals surface area contributed by atoms with E-state index in [1.54, 1.807) is 0 Å². The quantitative estimate of drug-likeness (QED) is 0.704. The molecule has 0 radical (unpaired) electrons. The van der Waals surface area contributed by atoms with Crippen molar-refractivity contribution in [1.82, 2.24) is 0 Å². The molecule has 0 heterocycles. The lowest BCUT2D eigenvalue weighted by Crippen LogP contribution is -2.17. The summed E-state index contributed by atoms with van der Waals surface area (Å²) in [4.78, 5) is 11.6. The van der Waals surface area contributed by atoms with Crippen LogP contribution in [-0.4, -0.2) is 25.2 Å². The second-order valence-electron chi connectivity index (χ2n) is 4.12. The third kappa shape index (κ3) is 8.00. The van der Waals surface area contributed by atoms with Crippen LogP contribution < -0.4 is 0 Å². The van der Waals surface area contributed by atoms with Crippen molar-refractivity contribution in [2.24, 2.45) is 0 Å². The van der Waals surface area contributed by atoms with Crippen molar-refractivity contribution < 1.29 is 22.7 Å². The fourth-order valence-electron chi connectivity index (χ4n) is 1.52. The van der Waals surface area contributed by atoms with Crippen LogP contribution >= 0.6 is 15.9 Å². The van der Waals surface area contributed by atoms with Gasteiger partial charge in [-0.3, -0.25) is 4.79 Å². The van der Waals surface area contributed by atoms with Gasteiger partial charge in [-0.15, -0.1) is 0 Å². The normalized spacial score (nSPS) is 11.6. The van der Waals surface area contributed by atoms with Gasteiger partial charge in [0, 0.05) is 23.9 Å². The summed E-state index contributed by atoms with van der Waals surface area (Å²) in [7, 11) is 0. The van der Waals surface area contributed by atoms with Crippen LogP contribution in [0.1, 0.15) is 18.4 Å². The Hall–Kier alpha value is -0.880. The highest BCUT2D eigenvalue weighted by molar-refractivity contribution is 9.10. The number of carbonyl (C=O) groups excluding carboxylic acids is 1. The SMILES string of the molecule is O=C(CCCOCC(F)(F)F)Cc1cccc(Br)c1. The number of hydrogen-bond acceptors (Lipinski definition) is 2. The van der Waals surface area contributed by atoms with E-state index >= 15 is 0 Å². The number of halogens is 4. The van der Waals surface area contributed by atoms with E-state index in [-0.39, 0.29) is 18.8 Å². The molecule has 1 aromatic rings. The molecule has 0 unspecified atom stereocenters. The van der Waals surface area contributed by atoms with Crippen LogP contribution in [0.15, 0.2) is 28.7 Å². The molecule has 1 aromatic carbocycles. The van der Waals surface area contributed by atoms with Crippen molar-refractivity contribution in [3.05, 3.63) is 34.3 Å². The van der Waals surface area contributed by atoms with Crippen LogP contribution in [0.2, 0.25) is 0 Å². The third-order valence-corrected chi connectivity index (χ3v) is 2.79. The molecule has 0 saturated heterocycles. The maximum absolute atomic E-state index is 11.8. The molecule has 6 heteroatoms.